The van der Waals surface area contributed by atoms with Gasteiger partial charge in [-0.15, -0.1) is 0 Å². The maximum Gasteiger partial charge on any atom is 0.258 e. The minimum atomic E-state index is -3.94. The molecule has 0 unspecified atom stereocenters. The van der Waals surface area contributed by atoms with Crippen molar-refractivity contribution in [1.82, 2.24) is 14.1 Å². The number of hydrogen-bond donors (Lipinski definition) is 2. The maximum atomic E-state index is 14.3. The first kappa shape index (κ1) is 38.3. The monoisotopic (exact) mass is 678 g/mol. The Balaban J connectivity index is 1.92. The first-order chi connectivity index (χ1) is 22.2. The molecule has 0 aliphatic carbocycles. The highest BCUT2D eigenvalue weighted by Crippen LogP contribution is 2.29. The van der Waals surface area contributed by atoms with Gasteiger partial charge < -0.3 is 29.7 Å². The fourth-order valence-electron chi connectivity index (χ4n) is 5.38. The summed E-state index contributed by atoms with van der Waals surface area (Å²) < 4.78 is 53.9. The highest BCUT2D eigenvalue weighted by Gasteiger charge is 2.32. The van der Waals surface area contributed by atoms with E-state index in [4.69, 9.17) is 9.47 Å². The van der Waals surface area contributed by atoms with E-state index in [1.54, 1.807) is 25.1 Å². The number of ether oxygens (including phenoxy) is 2. The van der Waals surface area contributed by atoms with E-state index in [-0.39, 0.29) is 48.1 Å². The van der Waals surface area contributed by atoms with Crippen molar-refractivity contribution in [2.45, 2.75) is 76.0 Å². The summed E-state index contributed by atoms with van der Waals surface area (Å²) >= 11 is 0. The first-order valence-electron chi connectivity index (χ1n) is 16.2. The Morgan fingerprint density at radius 3 is 2.49 bits per heavy atom. The summed E-state index contributed by atoms with van der Waals surface area (Å²) in [5.41, 5.74) is 0.712. The number of carbonyl (C=O) groups excluding carboxylic acids is 2. The molecular weight excluding hydrogens is 627 g/mol. The topological polar surface area (TPSA) is 129 Å². The third kappa shape index (κ3) is 11.2. The van der Waals surface area contributed by atoms with Crippen LogP contribution in [-0.4, -0.2) is 112 Å². The Bertz CT molecular complexity index is 1420. The summed E-state index contributed by atoms with van der Waals surface area (Å²) in [6, 6.07) is 9.09. The molecule has 4 atom stereocenters. The zero-order chi connectivity index (χ0) is 34.7. The van der Waals surface area contributed by atoms with Crippen LogP contribution in [0.2, 0.25) is 0 Å². The summed E-state index contributed by atoms with van der Waals surface area (Å²) in [6.07, 6.45) is 2.39. The molecule has 1 aliphatic heterocycles. The number of carbonyl (C=O) groups is 2. The van der Waals surface area contributed by atoms with Crippen molar-refractivity contribution < 1.29 is 37.0 Å². The molecule has 47 heavy (non-hydrogen) atoms. The number of aliphatic hydroxyl groups excluding tert-OH is 1. The van der Waals surface area contributed by atoms with Gasteiger partial charge in [0.15, 0.2) is 0 Å². The van der Waals surface area contributed by atoms with Gasteiger partial charge in [0.2, 0.25) is 15.9 Å². The molecule has 0 bridgehead atoms. The van der Waals surface area contributed by atoms with Gasteiger partial charge in [0.1, 0.15) is 11.6 Å². The van der Waals surface area contributed by atoms with Gasteiger partial charge >= 0.3 is 0 Å². The number of hydrogen-bond acceptors (Lipinski definition) is 8. The van der Waals surface area contributed by atoms with Crippen LogP contribution < -0.4 is 10.1 Å². The van der Waals surface area contributed by atoms with Crippen LogP contribution in [0.25, 0.3) is 0 Å². The van der Waals surface area contributed by atoms with E-state index in [0.29, 0.717) is 43.7 Å². The van der Waals surface area contributed by atoms with E-state index in [1.165, 1.54) is 28.4 Å². The molecule has 0 saturated heterocycles. The molecule has 0 aromatic heterocycles. The molecule has 2 amide bonds. The van der Waals surface area contributed by atoms with Gasteiger partial charge in [-0.3, -0.25) is 9.59 Å². The average molecular weight is 679 g/mol. The summed E-state index contributed by atoms with van der Waals surface area (Å²) in [6.45, 7) is 6.52. The minimum Gasteiger partial charge on any atom is -0.490 e. The van der Waals surface area contributed by atoms with Crippen LogP contribution in [-0.2, 0) is 19.6 Å². The molecule has 0 fully saturated rings. The number of benzene rings is 2. The van der Waals surface area contributed by atoms with Gasteiger partial charge in [-0.2, -0.15) is 4.31 Å². The van der Waals surface area contributed by atoms with Crippen LogP contribution in [0.1, 0.15) is 63.2 Å². The summed E-state index contributed by atoms with van der Waals surface area (Å²) in [4.78, 5) is 30.5. The second kappa shape index (κ2) is 17.9. The standard InChI is InChI=1S/C34H51FN4O7S/c1-24-21-39(25(2)23-40)34(42)30-20-28(36-33(41)11-9-18-37(4)5)14-17-31(30)46-26(3)10-7-8-19-45-32(24)22-38(6)47(43,44)29-15-12-27(35)13-16-29/h12-17,20,24-26,32,40H,7-11,18-19,21-23H2,1-6H3,(H,36,41)/t24-,25-,26+,32-/m1/s1. The Labute approximate surface area is 279 Å². The maximum absolute atomic E-state index is 14.3. The van der Waals surface area contributed by atoms with E-state index in [2.05, 4.69) is 5.32 Å². The Morgan fingerprint density at radius 1 is 1.13 bits per heavy atom. The molecule has 0 saturated carbocycles. The van der Waals surface area contributed by atoms with Crippen LogP contribution in [0.15, 0.2) is 47.4 Å². The zero-order valence-corrected chi connectivity index (χ0v) is 29.3. The van der Waals surface area contributed by atoms with Gasteiger partial charge in [0.25, 0.3) is 5.91 Å². The van der Waals surface area contributed by atoms with Crippen molar-refractivity contribution in [2.75, 3.05) is 59.3 Å². The van der Waals surface area contributed by atoms with Gasteiger partial charge in [-0.1, -0.05) is 6.92 Å². The number of rotatable bonds is 11. The lowest BCUT2D eigenvalue weighted by Crippen LogP contribution is -2.48. The van der Waals surface area contributed by atoms with E-state index < -0.39 is 33.9 Å². The van der Waals surface area contributed by atoms with Crippen LogP contribution in [0, 0.1) is 11.7 Å². The number of anilines is 1. The normalized spacial score (nSPS) is 20.8. The minimum absolute atomic E-state index is 0.00346. The number of fused-ring (bicyclic) bond motifs is 1. The van der Waals surface area contributed by atoms with Crippen LogP contribution in [0.3, 0.4) is 0 Å². The number of likely N-dealkylation sites (N-methyl/N-ethyl adjacent to an activating group) is 1. The van der Waals surface area contributed by atoms with Crippen LogP contribution in [0.5, 0.6) is 5.75 Å². The molecule has 0 spiro atoms. The Morgan fingerprint density at radius 2 is 1.83 bits per heavy atom. The fraction of sp³-hybridized carbons (Fsp3) is 0.588. The molecule has 2 aromatic carbocycles. The summed E-state index contributed by atoms with van der Waals surface area (Å²) in [7, 11) is 1.40. The van der Waals surface area contributed by atoms with Crippen LogP contribution in [0.4, 0.5) is 10.1 Å². The lowest BCUT2D eigenvalue weighted by atomic mass is 10.0. The lowest BCUT2D eigenvalue weighted by Gasteiger charge is -2.35. The van der Waals surface area contributed by atoms with Crippen molar-refractivity contribution in [3.8, 4) is 5.75 Å². The number of nitrogens with one attached hydrogen (secondary N) is 1. The molecule has 11 nitrogen and oxygen atoms in total. The SMILES string of the molecule is C[C@@H]1CN([C@H](C)CO)C(=O)c2cc(NC(=O)CCCN(C)C)ccc2O[C@@H](C)CCCCO[C@@H]1CN(C)S(=O)(=O)c1ccc(F)cc1. The molecule has 262 valence electrons. The number of nitrogens with zero attached hydrogens (tertiary/aromatic N) is 3. The van der Waals surface area contributed by atoms with Gasteiger partial charge in [-0.05, 0) is 103 Å². The highest BCUT2D eigenvalue weighted by molar-refractivity contribution is 7.89. The van der Waals surface area contributed by atoms with E-state index >= 15 is 0 Å². The number of halogens is 1. The lowest BCUT2D eigenvalue weighted by molar-refractivity contribution is -0.116. The largest absolute Gasteiger partial charge is 0.490 e. The molecule has 3 rings (SSSR count). The molecule has 13 heteroatoms. The summed E-state index contributed by atoms with van der Waals surface area (Å²) in [5.74, 6) is -1.07. The number of aliphatic hydroxyl groups is 1. The smallest absolute Gasteiger partial charge is 0.258 e. The van der Waals surface area contributed by atoms with Gasteiger partial charge in [0.05, 0.1) is 35.3 Å². The molecule has 1 heterocycles. The number of amides is 2. The Hall–Kier alpha value is -3.10. The first-order valence-corrected chi connectivity index (χ1v) is 17.7. The van der Waals surface area contributed by atoms with Gasteiger partial charge in [0, 0.05) is 44.8 Å². The molecule has 2 aromatic rings. The molecule has 0 radical (unpaired) electrons. The van der Waals surface area contributed by atoms with Gasteiger partial charge in [-0.25, -0.2) is 12.8 Å². The molecular formula is C34H51FN4O7S. The van der Waals surface area contributed by atoms with Crippen molar-refractivity contribution in [3.63, 3.8) is 0 Å². The quantitative estimate of drug-likeness (QED) is 0.362. The summed E-state index contributed by atoms with van der Waals surface area (Å²) in [5, 5.41) is 13.1. The van der Waals surface area contributed by atoms with Crippen LogP contribution >= 0.6 is 0 Å². The van der Waals surface area contributed by atoms with Crippen molar-refractivity contribution in [1.29, 1.82) is 0 Å². The molecule has 1 aliphatic rings. The average Bonchev–Trinajstić information content (AvgIpc) is 3.02. The van der Waals surface area contributed by atoms with E-state index in [0.717, 1.165) is 25.1 Å². The highest BCUT2D eigenvalue weighted by atomic mass is 32.2. The number of sulfonamides is 1. The predicted molar refractivity (Wildman–Crippen MR) is 180 cm³/mol. The van der Waals surface area contributed by atoms with Crippen molar-refractivity contribution in [2.24, 2.45) is 5.92 Å². The van der Waals surface area contributed by atoms with Crippen molar-refractivity contribution in [3.05, 3.63) is 53.8 Å². The predicted octanol–water partition coefficient (Wildman–Crippen LogP) is 4.22. The third-order valence-corrected chi connectivity index (χ3v) is 10.1. The fourth-order valence-corrected chi connectivity index (χ4v) is 6.56. The second-order valence-corrected chi connectivity index (χ2v) is 14.8. The van der Waals surface area contributed by atoms with Crippen molar-refractivity contribution >= 4 is 27.5 Å². The van der Waals surface area contributed by atoms with E-state index in [1.807, 2.05) is 32.8 Å². The zero-order valence-electron chi connectivity index (χ0n) is 28.4. The third-order valence-electron chi connectivity index (χ3n) is 8.30. The Kier molecular flexibility index (Phi) is 14.6. The van der Waals surface area contributed by atoms with E-state index in [9.17, 15) is 27.5 Å². The second-order valence-electron chi connectivity index (χ2n) is 12.7. The molecule has 2 N–H and O–H groups in total.